The van der Waals surface area contributed by atoms with E-state index < -0.39 is 0 Å². The molecule has 4 nitrogen and oxygen atoms in total. The zero-order valence-electron chi connectivity index (χ0n) is 9.34. The van der Waals surface area contributed by atoms with Gasteiger partial charge in [-0.15, -0.1) is 0 Å². The minimum Gasteiger partial charge on any atom is -0.375 e. The van der Waals surface area contributed by atoms with Crippen LogP contribution in [-0.2, 0) is 4.74 Å². The Bertz CT molecular complexity index is 329. The van der Waals surface area contributed by atoms with E-state index in [4.69, 9.17) is 4.74 Å². The number of ether oxygens (including phenoxy) is 1. The topological polar surface area (TPSA) is 39.9 Å². The first kappa shape index (κ1) is 10.6. The molecule has 1 atom stereocenters. The van der Waals surface area contributed by atoms with E-state index in [1.165, 1.54) is 24.3 Å². The van der Waals surface area contributed by atoms with Gasteiger partial charge in [0.25, 0.3) is 0 Å². The highest BCUT2D eigenvalue weighted by atomic mass is 32.2. The van der Waals surface area contributed by atoms with Crippen molar-refractivity contribution in [3.8, 4) is 0 Å². The zero-order valence-corrected chi connectivity index (χ0v) is 10.2. The third kappa shape index (κ3) is 1.98. The summed E-state index contributed by atoms with van der Waals surface area (Å²) in [5.41, 5.74) is 0.139. The van der Waals surface area contributed by atoms with Crippen molar-refractivity contribution in [2.75, 3.05) is 18.1 Å². The van der Waals surface area contributed by atoms with Gasteiger partial charge in [-0.3, -0.25) is 0 Å². The summed E-state index contributed by atoms with van der Waals surface area (Å²) in [5.74, 6) is 2.48. The van der Waals surface area contributed by atoms with Crippen molar-refractivity contribution in [1.82, 2.24) is 14.8 Å². The van der Waals surface area contributed by atoms with Gasteiger partial charge in [-0.05, 0) is 37.2 Å². The zero-order chi connectivity index (χ0) is 10.8. The molecule has 2 fully saturated rings. The molecular weight excluding hydrogens is 222 g/mol. The van der Waals surface area contributed by atoms with Gasteiger partial charge < -0.3 is 4.74 Å². The van der Waals surface area contributed by atoms with Crippen LogP contribution in [0.3, 0.4) is 0 Å². The van der Waals surface area contributed by atoms with Crippen molar-refractivity contribution in [3.05, 3.63) is 12.7 Å². The fourth-order valence-corrected chi connectivity index (χ4v) is 3.96. The molecule has 0 aromatic carbocycles. The summed E-state index contributed by atoms with van der Waals surface area (Å²) in [4.78, 5) is 4.04. The second-order valence-corrected chi connectivity index (χ2v) is 5.89. The van der Waals surface area contributed by atoms with Gasteiger partial charge in [-0.2, -0.15) is 16.9 Å². The van der Waals surface area contributed by atoms with E-state index >= 15 is 0 Å². The summed E-state index contributed by atoms with van der Waals surface area (Å²) in [5, 5.41) is 4.26. The number of rotatable bonds is 1. The quantitative estimate of drug-likeness (QED) is 0.750. The lowest BCUT2D eigenvalue weighted by Gasteiger charge is -2.43. The van der Waals surface area contributed by atoms with E-state index in [1.807, 2.05) is 22.8 Å². The van der Waals surface area contributed by atoms with Gasteiger partial charge in [0, 0.05) is 6.61 Å². The molecule has 0 radical (unpaired) electrons. The molecule has 5 heteroatoms. The Hall–Kier alpha value is -0.550. The molecule has 2 aliphatic heterocycles. The molecule has 1 aromatic rings. The van der Waals surface area contributed by atoms with Crippen molar-refractivity contribution in [3.63, 3.8) is 0 Å². The van der Waals surface area contributed by atoms with Gasteiger partial charge in [-0.1, -0.05) is 0 Å². The van der Waals surface area contributed by atoms with Crippen LogP contribution in [0, 0.1) is 0 Å². The maximum absolute atomic E-state index is 6.06. The van der Waals surface area contributed by atoms with E-state index in [0.717, 1.165) is 19.4 Å². The standard InChI is InChI=1S/C11H17N3OS/c1-4-15-11(2-5-16-6-3-11)7-10(1)14-9-12-8-13-14/h8-10H,1-7H2. The Labute approximate surface area is 99.8 Å². The van der Waals surface area contributed by atoms with Gasteiger partial charge in [0.05, 0.1) is 11.6 Å². The van der Waals surface area contributed by atoms with Crippen LogP contribution < -0.4 is 0 Å². The predicted octanol–water partition coefficient (Wildman–Crippen LogP) is 1.90. The monoisotopic (exact) mass is 239 g/mol. The Morgan fingerprint density at radius 2 is 2.25 bits per heavy atom. The third-order valence-corrected chi connectivity index (χ3v) is 4.67. The van der Waals surface area contributed by atoms with Crippen LogP contribution in [0.4, 0.5) is 0 Å². The summed E-state index contributed by atoms with van der Waals surface area (Å²) >= 11 is 2.05. The summed E-state index contributed by atoms with van der Waals surface area (Å²) in [6, 6.07) is 0.486. The molecule has 0 aliphatic carbocycles. The fourth-order valence-electron chi connectivity index (χ4n) is 2.73. The Balaban J connectivity index is 1.74. The van der Waals surface area contributed by atoms with Crippen LogP contribution >= 0.6 is 11.8 Å². The first-order valence-electron chi connectivity index (χ1n) is 5.94. The molecule has 3 heterocycles. The number of nitrogens with zero attached hydrogens (tertiary/aromatic N) is 3. The maximum Gasteiger partial charge on any atom is 0.137 e. The molecule has 1 aromatic heterocycles. The fraction of sp³-hybridized carbons (Fsp3) is 0.818. The average Bonchev–Trinajstić information content (AvgIpc) is 2.83. The van der Waals surface area contributed by atoms with Crippen molar-refractivity contribution >= 4 is 11.8 Å². The molecule has 3 rings (SSSR count). The number of hydrogen-bond acceptors (Lipinski definition) is 4. The second-order valence-electron chi connectivity index (χ2n) is 4.67. The molecule has 0 bridgehead atoms. The number of thioether (sulfide) groups is 1. The molecule has 16 heavy (non-hydrogen) atoms. The Morgan fingerprint density at radius 1 is 1.38 bits per heavy atom. The van der Waals surface area contributed by atoms with E-state index in [9.17, 15) is 0 Å². The van der Waals surface area contributed by atoms with Crippen molar-refractivity contribution in [2.24, 2.45) is 0 Å². The van der Waals surface area contributed by atoms with E-state index in [0.29, 0.717) is 6.04 Å². The normalized spacial score (nSPS) is 29.4. The molecule has 0 N–H and O–H groups in total. The van der Waals surface area contributed by atoms with Gasteiger partial charge in [-0.25, -0.2) is 9.67 Å². The molecule has 0 saturated carbocycles. The van der Waals surface area contributed by atoms with Crippen LogP contribution in [0.5, 0.6) is 0 Å². The van der Waals surface area contributed by atoms with Crippen molar-refractivity contribution in [1.29, 1.82) is 0 Å². The van der Waals surface area contributed by atoms with E-state index in [1.54, 1.807) is 6.33 Å². The highest BCUT2D eigenvalue weighted by Crippen LogP contribution is 2.40. The van der Waals surface area contributed by atoms with Gasteiger partial charge in [0.1, 0.15) is 12.7 Å². The predicted molar refractivity (Wildman–Crippen MR) is 63.5 cm³/mol. The minimum absolute atomic E-state index is 0.139. The van der Waals surface area contributed by atoms with E-state index in [2.05, 4.69) is 10.1 Å². The van der Waals surface area contributed by atoms with Gasteiger partial charge >= 0.3 is 0 Å². The molecule has 2 saturated heterocycles. The first-order chi connectivity index (χ1) is 7.88. The Morgan fingerprint density at radius 3 is 3.00 bits per heavy atom. The number of aromatic nitrogens is 3. The van der Waals surface area contributed by atoms with Crippen LogP contribution in [0.15, 0.2) is 12.7 Å². The SMILES string of the molecule is c1ncn(C2CCOC3(CCSCC3)C2)n1. The van der Waals surface area contributed by atoms with Gasteiger partial charge in [0.2, 0.25) is 0 Å². The minimum atomic E-state index is 0.139. The largest absolute Gasteiger partial charge is 0.375 e. The first-order valence-corrected chi connectivity index (χ1v) is 7.09. The highest BCUT2D eigenvalue weighted by Gasteiger charge is 2.39. The smallest absolute Gasteiger partial charge is 0.137 e. The van der Waals surface area contributed by atoms with Crippen molar-refractivity contribution < 1.29 is 4.74 Å². The molecular formula is C11H17N3OS. The lowest BCUT2D eigenvalue weighted by Crippen LogP contribution is -2.43. The summed E-state index contributed by atoms with van der Waals surface area (Å²) in [7, 11) is 0. The molecule has 1 spiro atoms. The van der Waals surface area contributed by atoms with Gasteiger partial charge in [0.15, 0.2) is 0 Å². The lowest BCUT2D eigenvalue weighted by atomic mass is 9.85. The van der Waals surface area contributed by atoms with Crippen molar-refractivity contribution in [2.45, 2.75) is 37.3 Å². The molecule has 0 amide bonds. The molecule has 1 unspecified atom stereocenters. The van der Waals surface area contributed by atoms with Crippen LogP contribution in [0.1, 0.15) is 31.7 Å². The van der Waals surface area contributed by atoms with Crippen LogP contribution in [0.2, 0.25) is 0 Å². The Kier molecular flexibility index (Phi) is 2.90. The highest BCUT2D eigenvalue weighted by molar-refractivity contribution is 7.99. The second kappa shape index (κ2) is 4.37. The van der Waals surface area contributed by atoms with Crippen LogP contribution in [0.25, 0.3) is 0 Å². The molecule has 2 aliphatic rings. The summed E-state index contributed by atoms with van der Waals surface area (Å²) in [6.45, 7) is 0.870. The van der Waals surface area contributed by atoms with Crippen LogP contribution in [-0.4, -0.2) is 38.5 Å². The van der Waals surface area contributed by atoms with E-state index in [-0.39, 0.29) is 5.60 Å². The maximum atomic E-state index is 6.06. The lowest BCUT2D eigenvalue weighted by molar-refractivity contribution is -0.100. The third-order valence-electron chi connectivity index (χ3n) is 3.68. The summed E-state index contributed by atoms with van der Waals surface area (Å²) < 4.78 is 8.07. The average molecular weight is 239 g/mol. The molecule has 88 valence electrons. The summed E-state index contributed by atoms with van der Waals surface area (Å²) in [6.07, 6.45) is 8.03. The number of hydrogen-bond donors (Lipinski definition) is 0.